The lowest BCUT2D eigenvalue weighted by molar-refractivity contribution is -0.127. The Morgan fingerprint density at radius 1 is 1.54 bits per heavy atom. The maximum Gasteiger partial charge on any atom is 0.230 e. The number of rotatable bonds is 0. The van der Waals surface area contributed by atoms with Crippen LogP contribution in [0.15, 0.2) is 11.8 Å². The third-order valence-corrected chi connectivity index (χ3v) is 3.90. The topological polar surface area (TPSA) is 29.1 Å². The van der Waals surface area contributed by atoms with E-state index in [4.69, 9.17) is 0 Å². The molecule has 13 heavy (non-hydrogen) atoms. The van der Waals surface area contributed by atoms with Crippen LogP contribution >= 0.6 is 15.9 Å². The minimum absolute atomic E-state index is 0.172. The second-order valence-electron chi connectivity index (χ2n) is 4.44. The zero-order valence-corrected chi connectivity index (χ0v) is 9.52. The summed E-state index contributed by atoms with van der Waals surface area (Å²) >= 11 is 3.55. The standard InChI is InChI=1S/C10H14BrNO/c1-10(2)7-4-3-6(11)5-8(7)12-9(10)13/h5-7H,3-4H2,1-2H3,(H,12,13). The fourth-order valence-electron chi connectivity index (χ4n) is 2.20. The Kier molecular flexibility index (Phi) is 2.02. The smallest absolute Gasteiger partial charge is 0.230 e. The van der Waals surface area contributed by atoms with E-state index in [1.807, 2.05) is 13.8 Å². The van der Waals surface area contributed by atoms with Gasteiger partial charge in [0.1, 0.15) is 0 Å². The van der Waals surface area contributed by atoms with E-state index < -0.39 is 0 Å². The molecule has 0 aromatic carbocycles. The molecule has 1 saturated heterocycles. The van der Waals surface area contributed by atoms with Crippen LogP contribution in [-0.2, 0) is 4.79 Å². The molecule has 0 bridgehead atoms. The molecule has 2 unspecified atom stereocenters. The van der Waals surface area contributed by atoms with E-state index >= 15 is 0 Å². The summed E-state index contributed by atoms with van der Waals surface area (Å²) in [5, 5.41) is 2.97. The van der Waals surface area contributed by atoms with Gasteiger partial charge in [-0.05, 0) is 12.8 Å². The monoisotopic (exact) mass is 243 g/mol. The first-order valence-corrected chi connectivity index (χ1v) is 5.60. The van der Waals surface area contributed by atoms with Crippen molar-refractivity contribution in [2.24, 2.45) is 11.3 Å². The largest absolute Gasteiger partial charge is 0.329 e. The maximum atomic E-state index is 11.6. The number of carbonyl (C=O) groups excluding carboxylic acids is 1. The van der Waals surface area contributed by atoms with Crippen molar-refractivity contribution >= 4 is 21.8 Å². The van der Waals surface area contributed by atoms with E-state index in [0.717, 1.165) is 18.5 Å². The van der Waals surface area contributed by atoms with Gasteiger partial charge in [-0.15, -0.1) is 0 Å². The molecule has 2 nitrogen and oxygen atoms in total. The maximum absolute atomic E-state index is 11.6. The van der Waals surface area contributed by atoms with E-state index in [0.29, 0.717) is 10.7 Å². The molecule has 2 rings (SSSR count). The van der Waals surface area contributed by atoms with Gasteiger partial charge in [0, 0.05) is 16.4 Å². The summed E-state index contributed by atoms with van der Waals surface area (Å²) in [4.78, 5) is 12.0. The van der Waals surface area contributed by atoms with Gasteiger partial charge in [0.25, 0.3) is 0 Å². The van der Waals surface area contributed by atoms with Crippen molar-refractivity contribution in [2.45, 2.75) is 31.5 Å². The first kappa shape index (κ1) is 9.25. The number of alkyl halides is 1. The molecule has 1 heterocycles. The minimum atomic E-state index is -0.209. The quantitative estimate of drug-likeness (QED) is 0.650. The van der Waals surface area contributed by atoms with Crippen molar-refractivity contribution in [1.29, 1.82) is 0 Å². The first-order valence-electron chi connectivity index (χ1n) is 4.69. The van der Waals surface area contributed by atoms with E-state index in [1.54, 1.807) is 0 Å². The molecular formula is C10H14BrNO. The van der Waals surface area contributed by atoms with Crippen LogP contribution < -0.4 is 5.32 Å². The number of hydrogen-bond donors (Lipinski definition) is 1. The van der Waals surface area contributed by atoms with Crippen LogP contribution in [0.3, 0.4) is 0 Å². The lowest BCUT2D eigenvalue weighted by Gasteiger charge is -2.27. The molecule has 0 saturated carbocycles. The number of allylic oxidation sites excluding steroid dienone is 2. The molecule has 0 aromatic heterocycles. The summed E-state index contributed by atoms with van der Waals surface area (Å²) in [6.07, 6.45) is 4.38. The second-order valence-corrected chi connectivity index (χ2v) is 5.62. The van der Waals surface area contributed by atoms with Gasteiger partial charge in [-0.2, -0.15) is 0 Å². The van der Waals surface area contributed by atoms with Crippen LogP contribution in [0, 0.1) is 11.3 Å². The zero-order valence-electron chi connectivity index (χ0n) is 7.93. The van der Waals surface area contributed by atoms with Crippen LogP contribution in [0.2, 0.25) is 0 Å². The van der Waals surface area contributed by atoms with Gasteiger partial charge >= 0.3 is 0 Å². The summed E-state index contributed by atoms with van der Waals surface area (Å²) in [7, 11) is 0. The highest BCUT2D eigenvalue weighted by Gasteiger charge is 2.46. The molecule has 1 aliphatic carbocycles. The molecule has 2 atom stereocenters. The predicted molar refractivity (Wildman–Crippen MR) is 55.4 cm³/mol. The van der Waals surface area contributed by atoms with E-state index in [1.165, 1.54) is 0 Å². The molecule has 1 fully saturated rings. The van der Waals surface area contributed by atoms with Gasteiger partial charge in [0.15, 0.2) is 0 Å². The fourth-order valence-corrected chi connectivity index (χ4v) is 2.75. The Labute approximate surface area is 86.9 Å². The Morgan fingerprint density at radius 3 is 2.92 bits per heavy atom. The summed E-state index contributed by atoms with van der Waals surface area (Å²) < 4.78 is 0. The molecule has 0 aromatic rings. The minimum Gasteiger partial charge on any atom is -0.329 e. The predicted octanol–water partition coefficient (Wildman–Crippen LogP) is 2.20. The third kappa shape index (κ3) is 1.33. The van der Waals surface area contributed by atoms with Gasteiger partial charge in [-0.25, -0.2) is 0 Å². The molecule has 2 aliphatic rings. The van der Waals surface area contributed by atoms with Crippen molar-refractivity contribution in [3.63, 3.8) is 0 Å². The summed E-state index contributed by atoms with van der Waals surface area (Å²) in [5.41, 5.74) is 0.919. The number of amides is 1. The average molecular weight is 244 g/mol. The van der Waals surface area contributed by atoms with Crippen LogP contribution in [0.1, 0.15) is 26.7 Å². The van der Waals surface area contributed by atoms with Crippen LogP contribution in [0.25, 0.3) is 0 Å². The van der Waals surface area contributed by atoms with Gasteiger partial charge in [0.2, 0.25) is 5.91 Å². The molecular weight excluding hydrogens is 230 g/mol. The normalized spacial score (nSPS) is 36.5. The lowest BCUT2D eigenvalue weighted by Crippen LogP contribution is -2.28. The van der Waals surface area contributed by atoms with Crippen molar-refractivity contribution in [3.05, 3.63) is 11.8 Å². The van der Waals surface area contributed by atoms with Crippen LogP contribution in [-0.4, -0.2) is 10.7 Å². The third-order valence-electron chi connectivity index (χ3n) is 3.18. The Morgan fingerprint density at radius 2 is 2.23 bits per heavy atom. The number of nitrogens with one attached hydrogen (secondary N) is 1. The zero-order chi connectivity index (χ0) is 9.64. The van der Waals surface area contributed by atoms with Crippen molar-refractivity contribution in [2.75, 3.05) is 0 Å². The second kappa shape index (κ2) is 2.84. The van der Waals surface area contributed by atoms with Gasteiger partial charge < -0.3 is 5.32 Å². The van der Waals surface area contributed by atoms with Gasteiger partial charge in [0.05, 0.1) is 5.41 Å². The molecule has 0 radical (unpaired) electrons. The highest BCUT2D eigenvalue weighted by molar-refractivity contribution is 9.09. The van der Waals surface area contributed by atoms with Crippen molar-refractivity contribution < 1.29 is 4.79 Å². The van der Waals surface area contributed by atoms with Gasteiger partial charge in [-0.1, -0.05) is 35.9 Å². The number of fused-ring (bicyclic) bond motifs is 1. The first-order chi connectivity index (χ1) is 6.01. The average Bonchev–Trinajstić information content (AvgIpc) is 2.23. The summed E-state index contributed by atoms with van der Waals surface area (Å²) in [6.45, 7) is 4.06. The number of hydrogen-bond acceptors (Lipinski definition) is 1. The molecule has 1 N–H and O–H groups in total. The Bertz CT molecular complexity index is 283. The summed E-state index contributed by atoms with van der Waals surface area (Å²) in [6, 6.07) is 0. The van der Waals surface area contributed by atoms with Crippen LogP contribution in [0.4, 0.5) is 0 Å². The Balaban J connectivity index is 2.34. The van der Waals surface area contributed by atoms with Crippen molar-refractivity contribution in [3.8, 4) is 0 Å². The number of halogens is 1. The highest BCUT2D eigenvalue weighted by Crippen LogP contribution is 2.44. The lowest BCUT2D eigenvalue weighted by atomic mass is 9.75. The SMILES string of the molecule is CC1(C)C(=O)NC2=CC(Br)CCC21. The molecule has 3 heteroatoms. The molecule has 0 spiro atoms. The molecule has 72 valence electrons. The van der Waals surface area contributed by atoms with Crippen molar-refractivity contribution in [1.82, 2.24) is 5.32 Å². The fraction of sp³-hybridized carbons (Fsp3) is 0.700. The van der Waals surface area contributed by atoms with E-state index in [-0.39, 0.29) is 11.3 Å². The Hall–Kier alpha value is -0.310. The highest BCUT2D eigenvalue weighted by atomic mass is 79.9. The summed E-state index contributed by atoms with van der Waals surface area (Å²) in [5.74, 6) is 0.583. The van der Waals surface area contributed by atoms with E-state index in [2.05, 4.69) is 27.3 Å². The molecule has 1 aliphatic heterocycles. The van der Waals surface area contributed by atoms with Crippen LogP contribution in [0.5, 0.6) is 0 Å². The van der Waals surface area contributed by atoms with E-state index in [9.17, 15) is 4.79 Å². The number of carbonyl (C=O) groups is 1. The van der Waals surface area contributed by atoms with Gasteiger partial charge in [-0.3, -0.25) is 4.79 Å². The molecule has 1 amide bonds.